The van der Waals surface area contributed by atoms with Crippen LogP contribution in [0.25, 0.3) is 0 Å². The number of hydrogen-bond acceptors (Lipinski definition) is 4. The van der Waals surface area contributed by atoms with Crippen molar-refractivity contribution in [3.8, 4) is 11.5 Å². The summed E-state index contributed by atoms with van der Waals surface area (Å²) in [6, 6.07) is 9.55. The highest BCUT2D eigenvalue weighted by atomic mass is 19.4. The zero-order valence-corrected chi connectivity index (χ0v) is 13.8. The van der Waals surface area contributed by atoms with Crippen molar-refractivity contribution in [2.24, 2.45) is 0 Å². The Hall–Kier alpha value is -3.30. The molecule has 144 valence electrons. The van der Waals surface area contributed by atoms with E-state index >= 15 is 0 Å². The molecule has 6 nitrogen and oxygen atoms in total. The van der Waals surface area contributed by atoms with Gasteiger partial charge in [-0.1, -0.05) is 12.1 Å². The number of carbonyl (C=O) groups excluding carboxylic acids is 2. The smallest absolute Gasteiger partial charge is 0.478 e. The molecule has 0 aliphatic rings. The number of hydrazine groups is 1. The van der Waals surface area contributed by atoms with Crippen molar-refractivity contribution in [1.29, 1.82) is 0 Å². The predicted octanol–water partition coefficient (Wildman–Crippen LogP) is 2.95. The molecule has 2 aromatic rings. The van der Waals surface area contributed by atoms with Gasteiger partial charge in [-0.2, -0.15) is 0 Å². The van der Waals surface area contributed by atoms with Gasteiger partial charge < -0.3 is 9.47 Å². The van der Waals surface area contributed by atoms with Crippen molar-refractivity contribution in [3.63, 3.8) is 0 Å². The molecule has 1 unspecified atom stereocenters. The van der Waals surface area contributed by atoms with Crippen LogP contribution in [0.3, 0.4) is 0 Å². The number of halogens is 4. The zero-order chi connectivity index (χ0) is 20.0. The molecule has 2 N–H and O–H groups in total. The average Bonchev–Trinajstić information content (AvgIpc) is 2.60. The van der Waals surface area contributed by atoms with Crippen LogP contribution in [-0.2, 0) is 4.79 Å². The van der Waals surface area contributed by atoms with E-state index in [1.165, 1.54) is 25.1 Å². The Morgan fingerprint density at radius 1 is 1.00 bits per heavy atom. The van der Waals surface area contributed by atoms with E-state index in [1.54, 1.807) is 0 Å². The largest absolute Gasteiger partial charge is 0.573 e. The minimum atomic E-state index is -4.84. The first-order valence-electron chi connectivity index (χ1n) is 7.53. The third-order valence-corrected chi connectivity index (χ3v) is 3.16. The third-order valence-electron chi connectivity index (χ3n) is 3.16. The molecule has 0 fully saturated rings. The molecule has 0 radical (unpaired) electrons. The highest BCUT2D eigenvalue weighted by molar-refractivity contribution is 5.95. The summed E-state index contributed by atoms with van der Waals surface area (Å²) in [5.41, 5.74) is 4.13. The summed E-state index contributed by atoms with van der Waals surface area (Å²) in [4.78, 5) is 23.8. The summed E-state index contributed by atoms with van der Waals surface area (Å²) in [7, 11) is 0. The molecule has 1 atom stereocenters. The van der Waals surface area contributed by atoms with Gasteiger partial charge in [-0.3, -0.25) is 20.4 Å². The molecule has 0 saturated heterocycles. The summed E-state index contributed by atoms with van der Waals surface area (Å²) in [5.74, 6) is -2.81. The van der Waals surface area contributed by atoms with Gasteiger partial charge in [0.15, 0.2) is 17.7 Å². The summed E-state index contributed by atoms with van der Waals surface area (Å²) in [6.07, 6.45) is -5.96. The molecule has 2 aromatic carbocycles. The number of rotatable bonds is 5. The number of ether oxygens (including phenoxy) is 2. The van der Waals surface area contributed by atoms with Crippen LogP contribution < -0.4 is 20.3 Å². The lowest BCUT2D eigenvalue weighted by atomic mass is 10.2. The zero-order valence-electron chi connectivity index (χ0n) is 13.8. The first-order valence-corrected chi connectivity index (χ1v) is 7.53. The maximum atomic E-state index is 13.5. The second kappa shape index (κ2) is 8.39. The van der Waals surface area contributed by atoms with Gasteiger partial charge >= 0.3 is 6.36 Å². The lowest BCUT2D eigenvalue weighted by Gasteiger charge is -2.15. The van der Waals surface area contributed by atoms with Crippen LogP contribution >= 0.6 is 0 Å². The number of para-hydroxylation sites is 1. The molecule has 2 rings (SSSR count). The Morgan fingerprint density at radius 2 is 1.63 bits per heavy atom. The average molecular weight is 386 g/mol. The molecular formula is C17H14F4N2O4. The van der Waals surface area contributed by atoms with E-state index in [0.717, 1.165) is 30.3 Å². The van der Waals surface area contributed by atoms with Crippen LogP contribution in [0.5, 0.6) is 11.5 Å². The predicted molar refractivity (Wildman–Crippen MR) is 85.2 cm³/mol. The SMILES string of the molecule is CC(Oc1ccccc1F)C(=O)NNC(=O)c1ccc(OC(F)(F)F)cc1. The maximum Gasteiger partial charge on any atom is 0.573 e. The summed E-state index contributed by atoms with van der Waals surface area (Å²) >= 11 is 0. The fraction of sp³-hybridized carbons (Fsp3) is 0.176. The minimum Gasteiger partial charge on any atom is -0.478 e. The van der Waals surface area contributed by atoms with Gasteiger partial charge in [-0.15, -0.1) is 13.2 Å². The van der Waals surface area contributed by atoms with E-state index in [4.69, 9.17) is 4.74 Å². The van der Waals surface area contributed by atoms with Gasteiger partial charge in [-0.25, -0.2) is 4.39 Å². The van der Waals surface area contributed by atoms with E-state index in [9.17, 15) is 27.2 Å². The fourth-order valence-corrected chi connectivity index (χ4v) is 1.88. The van der Waals surface area contributed by atoms with Gasteiger partial charge in [0.1, 0.15) is 5.75 Å². The number of benzene rings is 2. The second-order valence-corrected chi connectivity index (χ2v) is 5.21. The van der Waals surface area contributed by atoms with Gasteiger partial charge in [-0.05, 0) is 43.3 Å². The van der Waals surface area contributed by atoms with Crippen LogP contribution in [0, 0.1) is 5.82 Å². The van der Waals surface area contributed by atoms with Gasteiger partial charge in [0.25, 0.3) is 11.8 Å². The summed E-state index contributed by atoms with van der Waals surface area (Å²) in [5, 5.41) is 0. The third kappa shape index (κ3) is 6.17. The Morgan fingerprint density at radius 3 is 2.22 bits per heavy atom. The van der Waals surface area contributed by atoms with Crippen molar-refractivity contribution in [2.75, 3.05) is 0 Å². The Labute approximate surface area is 151 Å². The van der Waals surface area contributed by atoms with E-state index in [-0.39, 0.29) is 11.3 Å². The molecule has 0 aromatic heterocycles. The van der Waals surface area contributed by atoms with Gasteiger partial charge in [0.05, 0.1) is 0 Å². The summed E-state index contributed by atoms with van der Waals surface area (Å²) < 4.78 is 58.6. The van der Waals surface area contributed by atoms with E-state index in [2.05, 4.69) is 15.6 Å². The fourth-order valence-electron chi connectivity index (χ4n) is 1.88. The van der Waals surface area contributed by atoms with Gasteiger partial charge in [0, 0.05) is 5.56 Å². The van der Waals surface area contributed by atoms with Crippen molar-refractivity contribution < 1.29 is 36.6 Å². The molecule has 27 heavy (non-hydrogen) atoms. The first-order chi connectivity index (χ1) is 12.7. The second-order valence-electron chi connectivity index (χ2n) is 5.21. The molecule has 0 aliphatic carbocycles. The van der Waals surface area contributed by atoms with Crippen molar-refractivity contribution in [3.05, 3.63) is 59.9 Å². The van der Waals surface area contributed by atoms with E-state index in [1.807, 2.05) is 0 Å². The van der Waals surface area contributed by atoms with Crippen molar-refractivity contribution in [2.45, 2.75) is 19.4 Å². The molecule has 0 heterocycles. The van der Waals surface area contributed by atoms with Crippen LogP contribution in [-0.4, -0.2) is 24.3 Å². The number of nitrogens with one attached hydrogen (secondary N) is 2. The quantitative estimate of drug-likeness (QED) is 0.612. The number of alkyl halides is 3. The molecule has 0 aliphatic heterocycles. The monoisotopic (exact) mass is 386 g/mol. The number of amides is 2. The summed E-state index contributed by atoms with van der Waals surface area (Å²) in [6.45, 7) is 1.34. The molecule has 0 spiro atoms. The van der Waals surface area contributed by atoms with E-state index < -0.39 is 35.8 Å². The van der Waals surface area contributed by atoms with Crippen LogP contribution in [0.2, 0.25) is 0 Å². The van der Waals surface area contributed by atoms with Crippen LogP contribution in [0.4, 0.5) is 17.6 Å². The van der Waals surface area contributed by atoms with Crippen molar-refractivity contribution >= 4 is 11.8 Å². The van der Waals surface area contributed by atoms with Crippen molar-refractivity contribution in [1.82, 2.24) is 10.9 Å². The molecule has 0 saturated carbocycles. The normalized spacial score (nSPS) is 12.0. The Bertz CT molecular complexity index is 809. The lowest BCUT2D eigenvalue weighted by Crippen LogP contribution is -2.47. The highest BCUT2D eigenvalue weighted by Gasteiger charge is 2.31. The number of carbonyl (C=O) groups is 2. The highest BCUT2D eigenvalue weighted by Crippen LogP contribution is 2.22. The number of hydrogen-bond donors (Lipinski definition) is 2. The first kappa shape index (κ1) is 20.0. The minimum absolute atomic E-state index is 0.0208. The Kier molecular flexibility index (Phi) is 6.22. The Balaban J connectivity index is 1.87. The molecule has 0 bridgehead atoms. The molecule has 2 amide bonds. The standard InChI is InChI=1S/C17H14F4N2O4/c1-10(26-14-5-3-2-4-13(14)18)15(24)22-23-16(25)11-6-8-12(9-7-11)27-17(19,20)21/h2-10H,1H3,(H,22,24)(H,23,25). The maximum absolute atomic E-state index is 13.5. The van der Waals surface area contributed by atoms with E-state index in [0.29, 0.717) is 0 Å². The van der Waals surface area contributed by atoms with Gasteiger partial charge in [0.2, 0.25) is 0 Å². The lowest BCUT2D eigenvalue weighted by molar-refractivity contribution is -0.274. The molecular weight excluding hydrogens is 372 g/mol. The van der Waals surface area contributed by atoms with Crippen LogP contribution in [0.15, 0.2) is 48.5 Å². The molecule has 10 heteroatoms. The van der Waals surface area contributed by atoms with Crippen LogP contribution in [0.1, 0.15) is 17.3 Å². The topological polar surface area (TPSA) is 76.7 Å².